The number of fused-ring (bicyclic) bond motifs is 1. The number of pyridine rings is 1. The fourth-order valence-corrected chi connectivity index (χ4v) is 5.50. The topological polar surface area (TPSA) is 36.7 Å². The molecule has 2 aliphatic carbocycles. The van der Waals surface area contributed by atoms with Gasteiger partial charge in [0.1, 0.15) is 5.41 Å². The van der Waals surface area contributed by atoms with Gasteiger partial charge in [-0.05, 0) is 73.1 Å². The van der Waals surface area contributed by atoms with E-state index in [9.17, 15) is 5.26 Å². The zero-order chi connectivity index (χ0) is 21.7. The molecule has 1 fully saturated rings. The van der Waals surface area contributed by atoms with E-state index < -0.39 is 0 Å². The minimum atomic E-state index is -0.360. The Labute approximate surface area is 189 Å². The Morgan fingerprint density at radius 1 is 1.00 bits per heavy atom. The fraction of sp³-hybridized carbons (Fsp3) is 0.586. The Balaban J connectivity index is 1.86. The third-order valence-electron chi connectivity index (χ3n) is 7.40. The minimum absolute atomic E-state index is 0.360. The van der Waals surface area contributed by atoms with Crippen molar-refractivity contribution >= 4 is 0 Å². The predicted molar refractivity (Wildman–Crippen MR) is 129 cm³/mol. The highest BCUT2D eigenvalue weighted by molar-refractivity contribution is 5.74. The second-order valence-corrected chi connectivity index (χ2v) is 9.86. The van der Waals surface area contributed by atoms with Crippen LogP contribution in [0.1, 0.15) is 101 Å². The molecular formula is C29H38N2. The molecule has 2 aliphatic rings. The largest absolute Gasteiger partial charge is 0.256 e. The summed E-state index contributed by atoms with van der Waals surface area (Å²) in [7, 11) is 0. The lowest BCUT2D eigenvalue weighted by Crippen LogP contribution is -2.24. The molecule has 2 nitrogen and oxygen atoms in total. The smallest absolute Gasteiger partial charge is 0.100 e. The van der Waals surface area contributed by atoms with Crippen molar-refractivity contribution < 1.29 is 0 Å². The molecule has 2 heteroatoms. The lowest BCUT2D eigenvalue weighted by atomic mass is 9.80. The zero-order valence-electron chi connectivity index (χ0n) is 19.6. The first-order chi connectivity index (χ1) is 15.2. The Kier molecular flexibility index (Phi) is 7.11. The summed E-state index contributed by atoms with van der Waals surface area (Å²) >= 11 is 0. The summed E-state index contributed by atoms with van der Waals surface area (Å²) in [4.78, 5) is 5.37. The van der Waals surface area contributed by atoms with Gasteiger partial charge in [0.2, 0.25) is 0 Å². The molecule has 2 aromatic rings. The van der Waals surface area contributed by atoms with Gasteiger partial charge in [-0.15, -0.1) is 0 Å². The summed E-state index contributed by atoms with van der Waals surface area (Å²) in [6.07, 6.45) is 15.1. The van der Waals surface area contributed by atoms with Crippen LogP contribution in [0.3, 0.4) is 0 Å². The molecule has 0 N–H and O–H groups in total. The number of nitriles is 1. The van der Waals surface area contributed by atoms with Crippen molar-refractivity contribution in [2.24, 2.45) is 5.92 Å². The maximum Gasteiger partial charge on any atom is 0.100 e. The van der Waals surface area contributed by atoms with Gasteiger partial charge in [0.05, 0.1) is 11.8 Å². The van der Waals surface area contributed by atoms with E-state index in [1.807, 2.05) is 0 Å². The van der Waals surface area contributed by atoms with Crippen LogP contribution in [0.4, 0.5) is 0 Å². The molecule has 0 radical (unpaired) electrons. The van der Waals surface area contributed by atoms with E-state index in [2.05, 4.69) is 50.2 Å². The molecular weight excluding hydrogens is 376 g/mol. The highest BCUT2D eigenvalue weighted by atomic mass is 14.8. The van der Waals surface area contributed by atoms with Crippen LogP contribution >= 0.6 is 0 Å². The lowest BCUT2D eigenvalue weighted by Gasteiger charge is -2.25. The van der Waals surface area contributed by atoms with E-state index in [4.69, 9.17) is 4.98 Å². The molecule has 164 valence electrons. The molecule has 31 heavy (non-hydrogen) atoms. The summed E-state index contributed by atoms with van der Waals surface area (Å²) in [5.41, 5.74) is 7.70. The van der Waals surface area contributed by atoms with Gasteiger partial charge in [-0.3, -0.25) is 4.98 Å². The van der Waals surface area contributed by atoms with Crippen LogP contribution in [0, 0.1) is 17.2 Å². The number of nitrogens with zero attached hydrogens (tertiary/aromatic N) is 2. The van der Waals surface area contributed by atoms with Gasteiger partial charge in [0.25, 0.3) is 0 Å². The van der Waals surface area contributed by atoms with Crippen LogP contribution in [-0.4, -0.2) is 4.98 Å². The maximum atomic E-state index is 10.4. The standard InChI is InChI=1S/C29H38N2/c1-3-5-8-14-24-26(15-9-6-4-2)31-28-25(27(24)23-12-10-7-11-13-23)18-19-29(28,21-30)20-22-16-17-22/h7,10-13,22H,3-6,8-9,14-20H2,1-2H3. The van der Waals surface area contributed by atoms with Gasteiger partial charge in [-0.2, -0.15) is 5.26 Å². The van der Waals surface area contributed by atoms with Crippen LogP contribution < -0.4 is 0 Å². The van der Waals surface area contributed by atoms with Gasteiger partial charge < -0.3 is 0 Å². The molecule has 1 unspecified atom stereocenters. The van der Waals surface area contributed by atoms with Crippen molar-refractivity contribution in [3.8, 4) is 17.2 Å². The summed E-state index contributed by atoms with van der Waals surface area (Å²) < 4.78 is 0. The summed E-state index contributed by atoms with van der Waals surface area (Å²) in [6, 6.07) is 13.7. The van der Waals surface area contributed by atoms with Crippen LogP contribution in [0.2, 0.25) is 0 Å². The monoisotopic (exact) mass is 414 g/mol. The van der Waals surface area contributed by atoms with Gasteiger partial charge in [-0.1, -0.05) is 82.7 Å². The second kappa shape index (κ2) is 9.99. The van der Waals surface area contributed by atoms with Crippen LogP contribution in [0.5, 0.6) is 0 Å². The Morgan fingerprint density at radius 2 is 1.71 bits per heavy atom. The summed E-state index contributed by atoms with van der Waals surface area (Å²) in [6.45, 7) is 4.55. The van der Waals surface area contributed by atoms with E-state index in [1.54, 1.807) is 0 Å². The normalized spacial score (nSPS) is 19.9. The number of unbranched alkanes of at least 4 members (excludes halogenated alkanes) is 4. The molecule has 4 rings (SSSR count). The highest BCUT2D eigenvalue weighted by Gasteiger charge is 2.46. The lowest BCUT2D eigenvalue weighted by molar-refractivity contribution is 0.457. The molecule has 0 aliphatic heterocycles. The van der Waals surface area contributed by atoms with Crippen molar-refractivity contribution in [3.05, 3.63) is 52.8 Å². The first-order valence-corrected chi connectivity index (χ1v) is 12.7. The average Bonchev–Trinajstić information content (AvgIpc) is 3.55. The number of hydrogen-bond acceptors (Lipinski definition) is 2. The van der Waals surface area contributed by atoms with E-state index in [-0.39, 0.29) is 5.41 Å². The van der Waals surface area contributed by atoms with E-state index in [1.165, 1.54) is 79.3 Å². The molecule has 1 aromatic heterocycles. The first kappa shape index (κ1) is 22.1. The van der Waals surface area contributed by atoms with Crippen LogP contribution in [0.15, 0.2) is 30.3 Å². The van der Waals surface area contributed by atoms with Crippen molar-refractivity contribution in [2.75, 3.05) is 0 Å². The SMILES string of the molecule is CCCCCc1nc2c(c(-c3ccccc3)c1CCCCC)CCC2(C#N)CC1CC1. The Morgan fingerprint density at radius 3 is 2.35 bits per heavy atom. The molecule has 1 saturated carbocycles. The minimum Gasteiger partial charge on any atom is -0.256 e. The number of benzene rings is 1. The van der Waals surface area contributed by atoms with Gasteiger partial charge in [-0.25, -0.2) is 0 Å². The number of aromatic nitrogens is 1. The van der Waals surface area contributed by atoms with E-state index >= 15 is 0 Å². The third-order valence-corrected chi connectivity index (χ3v) is 7.40. The van der Waals surface area contributed by atoms with Crippen LogP contribution in [0.25, 0.3) is 11.1 Å². The van der Waals surface area contributed by atoms with E-state index in [0.717, 1.165) is 43.7 Å². The number of hydrogen-bond donors (Lipinski definition) is 0. The molecule has 1 atom stereocenters. The fourth-order valence-electron chi connectivity index (χ4n) is 5.50. The van der Waals surface area contributed by atoms with Gasteiger partial charge in [0.15, 0.2) is 0 Å². The molecule has 0 spiro atoms. The number of aryl methyl sites for hydroxylation is 1. The Hall–Kier alpha value is -2.14. The third kappa shape index (κ3) is 4.72. The van der Waals surface area contributed by atoms with Crippen molar-refractivity contribution in [3.63, 3.8) is 0 Å². The molecule has 0 bridgehead atoms. The van der Waals surface area contributed by atoms with Gasteiger partial charge in [0, 0.05) is 5.69 Å². The Bertz CT molecular complexity index is 920. The molecule has 1 aromatic carbocycles. The second-order valence-electron chi connectivity index (χ2n) is 9.86. The zero-order valence-corrected chi connectivity index (χ0v) is 19.6. The summed E-state index contributed by atoms with van der Waals surface area (Å²) in [5, 5.41) is 10.4. The maximum absolute atomic E-state index is 10.4. The van der Waals surface area contributed by atoms with Crippen molar-refractivity contribution in [2.45, 2.75) is 103 Å². The van der Waals surface area contributed by atoms with Crippen molar-refractivity contribution in [1.29, 1.82) is 5.26 Å². The quantitative estimate of drug-likeness (QED) is 0.353. The van der Waals surface area contributed by atoms with Crippen molar-refractivity contribution in [1.82, 2.24) is 4.98 Å². The van der Waals surface area contributed by atoms with Crippen LogP contribution in [-0.2, 0) is 24.7 Å². The summed E-state index contributed by atoms with van der Waals surface area (Å²) in [5.74, 6) is 0.736. The molecule has 0 amide bonds. The van der Waals surface area contributed by atoms with Gasteiger partial charge >= 0.3 is 0 Å². The first-order valence-electron chi connectivity index (χ1n) is 12.7. The average molecular weight is 415 g/mol. The molecule has 1 heterocycles. The predicted octanol–water partition coefficient (Wildman–Crippen LogP) is 7.72. The molecule has 0 saturated heterocycles. The number of rotatable bonds is 11. The highest BCUT2D eigenvalue weighted by Crippen LogP contribution is 2.50. The van der Waals surface area contributed by atoms with E-state index in [0.29, 0.717) is 0 Å².